The normalized spacial score (nSPS) is 12.7. The summed E-state index contributed by atoms with van der Waals surface area (Å²) in [7, 11) is 0. The van der Waals surface area contributed by atoms with Crippen molar-refractivity contribution in [2.24, 2.45) is 0 Å². The maximum atomic E-state index is 12.4. The van der Waals surface area contributed by atoms with Gasteiger partial charge < -0.3 is 23.7 Å². The molecule has 1 atom stereocenters. The zero-order valence-corrected chi connectivity index (χ0v) is 11.8. The number of rotatable bonds is 14. The van der Waals surface area contributed by atoms with Crippen LogP contribution in [0.25, 0.3) is 0 Å². The van der Waals surface area contributed by atoms with E-state index >= 15 is 0 Å². The van der Waals surface area contributed by atoms with Crippen LogP contribution in [0, 0.1) is 0 Å². The Kier molecular flexibility index (Phi) is 11.7. The summed E-state index contributed by atoms with van der Waals surface area (Å²) < 4.78 is 61.4. The average Bonchev–Trinajstić information content (AvgIpc) is 2.42. The van der Waals surface area contributed by atoms with Crippen molar-refractivity contribution < 1.29 is 36.9 Å². The van der Waals surface area contributed by atoms with Gasteiger partial charge in [-0.1, -0.05) is 13.2 Å². The van der Waals surface area contributed by atoms with E-state index in [9.17, 15) is 13.2 Å². The van der Waals surface area contributed by atoms with Crippen LogP contribution in [0.15, 0.2) is 25.7 Å². The van der Waals surface area contributed by atoms with Gasteiger partial charge in [0.2, 0.25) is 6.10 Å². The maximum absolute atomic E-state index is 12.4. The van der Waals surface area contributed by atoms with Gasteiger partial charge >= 0.3 is 6.18 Å². The van der Waals surface area contributed by atoms with Crippen LogP contribution in [-0.4, -0.2) is 58.5 Å². The first-order valence-corrected chi connectivity index (χ1v) is 6.31. The molecule has 0 aromatic carbocycles. The van der Waals surface area contributed by atoms with Crippen molar-refractivity contribution in [3.05, 3.63) is 25.7 Å². The van der Waals surface area contributed by atoms with Crippen molar-refractivity contribution in [3.8, 4) is 0 Å². The predicted octanol–water partition coefficient (Wildman–Crippen LogP) is 2.29. The first-order chi connectivity index (χ1) is 10.0. The molecule has 0 aromatic heterocycles. The molecule has 0 spiro atoms. The highest BCUT2D eigenvalue weighted by Crippen LogP contribution is 2.23. The van der Waals surface area contributed by atoms with Gasteiger partial charge in [-0.2, -0.15) is 13.2 Å². The molecule has 0 N–H and O–H groups in total. The Labute approximate surface area is 122 Å². The van der Waals surface area contributed by atoms with E-state index in [2.05, 4.69) is 17.9 Å². The number of alkyl halides is 3. The third-order valence-electron chi connectivity index (χ3n) is 2.10. The van der Waals surface area contributed by atoms with Gasteiger partial charge in [-0.05, 0) is 0 Å². The van der Waals surface area contributed by atoms with E-state index in [-0.39, 0.29) is 13.2 Å². The molecule has 5 nitrogen and oxygen atoms in total. The fourth-order valence-electron chi connectivity index (χ4n) is 1.15. The number of halogens is 3. The molecule has 0 aliphatic carbocycles. The molecule has 0 radical (unpaired) electrons. The second-order valence-electron chi connectivity index (χ2n) is 3.67. The fourth-order valence-corrected chi connectivity index (χ4v) is 1.15. The van der Waals surface area contributed by atoms with Crippen molar-refractivity contribution >= 4 is 0 Å². The number of hydrogen-bond acceptors (Lipinski definition) is 5. The third kappa shape index (κ3) is 12.2. The van der Waals surface area contributed by atoms with E-state index in [1.54, 1.807) is 0 Å². The van der Waals surface area contributed by atoms with Crippen LogP contribution in [0.5, 0.6) is 0 Å². The standard InChI is InChI=1S/C13H21F3O5/c1-3-17-5-6-18-7-8-19-9-10-20-11-12(21-4-2)13(14,15)16/h3-4,12H,1-2,5-11H2. The lowest BCUT2D eigenvalue weighted by molar-refractivity contribution is -0.219. The zero-order valence-electron chi connectivity index (χ0n) is 11.8. The molecule has 0 fully saturated rings. The van der Waals surface area contributed by atoms with Gasteiger partial charge in [-0.15, -0.1) is 0 Å². The summed E-state index contributed by atoms with van der Waals surface area (Å²) in [6, 6.07) is 0. The van der Waals surface area contributed by atoms with Crippen molar-refractivity contribution in [1.29, 1.82) is 0 Å². The lowest BCUT2D eigenvalue weighted by atomic mass is 10.4. The molecule has 0 heterocycles. The summed E-state index contributed by atoms with van der Waals surface area (Å²) in [5.41, 5.74) is 0. The maximum Gasteiger partial charge on any atom is 0.427 e. The Morgan fingerprint density at radius 1 is 0.810 bits per heavy atom. The first kappa shape index (κ1) is 19.8. The molecule has 1 unspecified atom stereocenters. The van der Waals surface area contributed by atoms with Crippen LogP contribution in [-0.2, 0) is 23.7 Å². The van der Waals surface area contributed by atoms with Crippen molar-refractivity contribution in [3.63, 3.8) is 0 Å². The summed E-state index contributed by atoms with van der Waals surface area (Å²) in [4.78, 5) is 0. The summed E-state index contributed by atoms with van der Waals surface area (Å²) >= 11 is 0. The summed E-state index contributed by atoms with van der Waals surface area (Å²) in [6.45, 7) is 7.58. The molecule has 0 aliphatic rings. The minimum Gasteiger partial charge on any atom is -0.499 e. The van der Waals surface area contributed by atoms with Crippen LogP contribution >= 0.6 is 0 Å². The molecule has 124 valence electrons. The molecule has 0 bridgehead atoms. The molecule has 0 aliphatic heterocycles. The van der Waals surface area contributed by atoms with Gasteiger partial charge in [0.25, 0.3) is 0 Å². The highest BCUT2D eigenvalue weighted by Gasteiger charge is 2.41. The Bertz CT molecular complexity index is 271. The van der Waals surface area contributed by atoms with Crippen LogP contribution < -0.4 is 0 Å². The quantitative estimate of drug-likeness (QED) is 0.364. The highest BCUT2D eigenvalue weighted by atomic mass is 19.4. The van der Waals surface area contributed by atoms with Gasteiger partial charge in [0, 0.05) is 0 Å². The van der Waals surface area contributed by atoms with E-state index in [1.807, 2.05) is 0 Å². The van der Waals surface area contributed by atoms with Crippen molar-refractivity contribution in [2.45, 2.75) is 12.3 Å². The van der Waals surface area contributed by atoms with Crippen LogP contribution in [0.2, 0.25) is 0 Å². The van der Waals surface area contributed by atoms with Crippen molar-refractivity contribution in [1.82, 2.24) is 0 Å². The molecule has 0 amide bonds. The van der Waals surface area contributed by atoms with Crippen LogP contribution in [0.4, 0.5) is 13.2 Å². The minimum absolute atomic E-state index is 0.0344. The monoisotopic (exact) mass is 314 g/mol. The average molecular weight is 314 g/mol. The Hall–Kier alpha value is -1.25. The minimum atomic E-state index is -4.49. The zero-order chi connectivity index (χ0) is 16.0. The molecular weight excluding hydrogens is 293 g/mol. The van der Waals surface area contributed by atoms with Gasteiger partial charge in [0.1, 0.15) is 6.61 Å². The molecule has 0 saturated carbocycles. The van der Waals surface area contributed by atoms with E-state index in [0.717, 1.165) is 6.26 Å². The molecule has 21 heavy (non-hydrogen) atoms. The third-order valence-corrected chi connectivity index (χ3v) is 2.10. The smallest absolute Gasteiger partial charge is 0.427 e. The van der Waals surface area contributed by atoms with Gasteiger partial charge in [-0.3, -0.25) is 0 Å². The second-order valence-corrected chi connectivity index (χ2v) is 3.67. The lowest BCUT2D eigenvalue weighted by Crippen LogP contribution is -2.35. The first-order valence-electron chi connectivity index (χ1n) is 6.31. The summed E-state index contributed by atoms with van der Waals surface area (Å²) in [6.07, 6.45) is -4.44. The van der Waals surface area contributed by atoms with E-state index < -0.39 is 18.9 Å². The van der Waals surface area contributed by atoms with E-state index in [0.29, 0.717) is 26.4 Å². The largest absolute Gasteiger partial charge is 0.499 e. The number of hydrogen-bond donors (Lipinski definition) is 0. The topological polar surface area (TPSA) is 46.2 Å². The second kappa shape index (κ2) is 12.5. The van der Waals surface area contributed by atoms with Crippen molar-refractivity contribution in [2.75, 3.05) is 46.2 Å². The summed E-state index contributed by atoms with van der Waals surface area (Å²) in [5, 5.41) is 0. The van der Waals surface area contributed by atoms with Gasteiger partial charge in [0.05, 0.1) is 52.2 Å². The van der Waals surface area contributed by atoms with Crippen LogP contribution in [0.3, 0.4) is 0 Å². The summed E-state index contributed by atoms with van der Waals surface area (Å²) in [5.74, 6) is 0. The van der Waals surface area contributed by atoms with E-state index in [1.165, 1.54) is 6.26 Å². The lowest BCUT2D eigenvalue weighted by Gasteiger charge is -2.19. The van der Waals surface area contributed by atoms with Gasteiger partial charge in [0.15, 0.2) is 0 Å². The molecule has 0 aromatic rings. The molecule has 8 heteroatoms. The Morgan fingerprint density at radius 2 is 1.33 bits per heavy atom. The molecule has 0 rings (SSSR count). The highest BCUT2D eigenvalue weighted by molar-refractivity contribution is 4.70. The van der Waals surface area contributed by atoms with E-state index in [4.69, 9.17) is 18.9 Å². The fraction of sp³-hybridized carbons (Fsp3) is 0.692. The Balaban J connectivity index is 3.42. The molecular formula is C13H21F3O5. The predicted molar refractivity (Wildman–Crippen MR) is 69.7 cm³/mol. The number of ether oxygens (including phenoxy) is 5. The van der Waals surface area contributed by atoms with Crippen LogP contribution in [0.1, 0.15) is 0 Å². The van der Waals surface area contributed by atoms with Gasteiger partial charge in [-0.25, -0.2) is 0 Å². The Morgan fingerprint density at radius 3 is 1.81 bits per heavy atom. The SMILES string of the molecule is C=COCCOCCOCCOCC(OC=C)C(F)(F)F. The molecule has 0 saturated heterocycles.